The third kappa shape index (κ3) is 3.92. The van der Waals surface area contributed by atoms with Gasteiger partial charge in [-0.3, -0.25) is 0 Å². The number of hydrogen-bond acceptors (Lipinski definition) is 2. The fourth-order valence-electron chi connectivity index (χ4n) is 1.48. The molecular weight excluding hydrogens is 178 g/mol. The molecular formula is C11H19NS. The number of hydrogen-bond donors (Lipinski definition) is 1. The zero-order valence-electron chi connectivity index (χ0n) is 8.49. The summed E-state index contributed by atoms with van der Waals surface area (Å²) in [5.74, 6) is 0.758. The van der Waals surface area contributed by atoms with Gasteiger partial charge in [-0.1, -0.05) is 20.3 Å². The van der Waals surface area contributed by atoms with Gasteiger partial charge in [0, 0.05) is 6.04 Å². The second kappa shape index (κ2) is 5.40. The first-order chi connectivity index (χ1) is 6.22. The standard InChI is InChI=1S/C11H19NS/c1-3-9(2)6-11(12)7-10-4-5-13-8-10/h4-5,8-9,11H,3,6-7,12H2,1-2H3. The lowest BCUT2D eigenvalue weighted by Crippen LogP contribution is -2.24. The van der Waals surface area contributed by atoms with Crippen LogP contribution in [0.25, 0.3) is 0 Å². The topological polar surface area (TPSA) is 26.0 Å². The quantitative estimate of drug-likeness (QED) is 0.771. The van der Waals surface area contributed by atoms with Crippen LogP contribution in [0.5, 0.6) is 0 Å². The van der Waals surface area contributed by atoms with E-state index in [9.17, 15) is 0 Å². The van der Waals surface area contributed by atoms with Gasteiger partial charge in [0.15, 0.2) is 0 Å². The maximum atomic E-state index is 6.05. The zero-order chi connectivity index (χ0) is 9.68. The molecule has 2 heteroatoms. The fourth-order valence-corrected chi connectivity index (χ4v) is 2.16. The molecule has 0 amide bonds. The molecule has 0 aliphatic rings. The van der Waals surface area contributed by atoms with Crippen molar-refractivity contribution in [1.29, 1.82) is 0 Å². The van der Waals surface area contributed by atoms with Crippen molar-refractivity contribution >= 4 is 11.3 Å². The molecule has 0 bridgehead atoms. The first-order valence-corrected chi connectivity index (χ1v) is 5.93. The molecule has 0 aromatic carbocycles. The van der Waals surface area contributed by atoms with Crippen molar-refractivity contribution < 1.29 is 0 Å². The van der Waals surface area contributed by atoms with Crippen molar-refractivity contribution in [3.05, 3.63) is 22.4 Å². The monoisotopic (exact) mass is 197 g/mol. The molecule has 13 heavy (non-hydrogen) atoms. The van der Waals surface area contributed by atoms with Crippen molar-refractivity contribution in [1.82, 2.24) is 0 Å². The van der Waals surface area contributed by atoms with E-state index in [1.165, 1.54) is 12.0 Å². The molecule has 0 fully saturated rings. The molecule has 1 aromatic heterocycles. The van der Waals surface area contributed by atoms with Crippen LogP contribution in [0.3, 0.4) is 0 Å². The van der Waals surface area contributed by atoms with Gasteiger partial charge in [-0.25, -0.2) is 0 Å². The highest BCUT2D eigenvalue weighted by molar-refractivity contribution is 7.07. The lowest BCUT2D eigenvalue weighted by Gasteiger charge is -2.14. The van der Waals surface area contributed by atoms with E-state index in [1.807, 2.05) is 0 Å². The van der Waals surface area contributed by atoms with Gasteiger partial charge in [-0.15, -0.1) is 0 Å². The van der Waals surface area contributed by atoms with E-state index >= 15 is 0 Å². The molecule has 2 atom stereocenters. The van der Waals surface area contributed by atoms with E-state index in [1.54, 1.807) is 11.3 Å². The molecule has 0 aliphatic carbocycles. The minimum Gasteiger partial charge on any atom is -0.327 e. The van der Waals surface area contributed by atoms with Gasteiger partial charge in [0.25, 0.3) is 0 Å². The van der Waals surface area contributed by atoms with Gasteiger partial charge in [-0.2, -0.15) is 11.3 Å². The number of rotatable bonds is 5. The Labute approximate surface area is 85.0 Å². The van der Waals surface area contributed by atoms with E-state index in [0.29, 0.717) is 6.04 Å². The Morgan fingerprint density at radius 1 is 1.54 bits per heavy atom. The van der Waals surface area contributed by atoms with Crippen LogP contribution < -0.4 is 5.73 Å². The molecule has 2 unspecified atom stereocenters. The highest BCUT2D eigenvalue weighted by atomic mass is 32.1. The van der Waals surface area contributed by atoms with Gasteiger partial charge < -0.3 is 5.73 Å². The Morgan fingerprint density at radius 2 is 2.31 bits per heavy atom. The summed E-state index contributed by atoms with van der Waals surface area (Å²) in [5, 5.41) is 4.31. The average molecular weight is 197 g/mol. The molecule has 0 spiro atoms. The first kappa shape index (κ1) is 10.7. The van der Waals surface area contributed by atoms with Gasteiger partial charge in [0.05, 0.1) is 0 Å². The van der Waals surface area contributed by atoms with Crippen LogP contribution >= 0.6 is 11.3 Å². The minimum atomic E-state index is 0.338. The normalized spacial score (nSPS) is 15.6. The second-order valence-electron chi connectivity index (χ2n) is 3.84. The van der Waals surface area contributed by atoms with Crippen LogP contribution in [-0.4, -0.2) is 6.04 Å². The molecule has 0 saturated heterocycles. The van der Waals surface area contributed by atoms with Crippen LogP contribution in [0, 0.1) is 5.92 Å². The Morgan fingerprint density at radius 3 is 2.85 bits per heavy atom. The molecule has 1 nitrogen and oxygen atoms in total. The smallest absolute Gasteiger partial charge is 0.00821 e. The second-order valence-corrected chi connectivity index (χ2v) is 4.62. The van der Waals surface area contributed by atoms with E-state index in [2.05, 4.69) is 30.7 Å². The van der Waals surface area contributed by atoms with Crippen LogP contribution in [-0.2, 0) is 6.42 Å². The predicted octanol–water partition coefficient (Wildman–Crippen LogP) is 3.05. The van der Waals surface area contributed by atoms with Gasteiger partial charge >= 0.3 is 0 Å². The minimum absolute atomic E-state index is 0.338. The van der Waals surface area contributed by atoms with Gasteiger partial charge in [0.2, 0.25) is 0 Å². The van der Waals surface area contributed by atoms with Crippen molar-refractivity contribution in [2.45, 2.75) is 39.2 Å². The largest absolute Gasteiger partial charge is 0.327 e. The molecule has 0 radical (unpaired) electrons. The van der Waals surface area contributed by atoms with E-state index in [0.717, 1.165) is 18.8 Å². The molecule has 1 rings (SSSR count). The molecule has 1 aromatic rings. The van der Waals surface area contributed by atoms with Crippen molar-refractivity contribution in [2.75, 3.05) is 0 Å². The zero-order valence-corrected chi connectivity index (χ0v) is 9.31. The van der Waals surface area contributed by atoms with E-state index < -0.39 is 0 Å². The maximum absolute atomic E-state index is 6.05. The Kier molecular flexibility index (Phi) is 4.46. The summed E-state index contributed by atoms with van der Waals surface area (Å²) in [6.45, 7) is 4.50. The average Bonchev–Trinajstić information content (AvgIpc) is 2.56. The highest BCUT2D eigenvalue weighted by Gasteiger charge is 2.08. The Balaban J connectivity index is 2.29. The maximum Gasteiger partial charge on any atom is 0.00821 e. The summed E-state index contributed by atoms with van der Waals surface area (Å²) in [7, 11) is 0. The molecule has 1 heterocycles. The first-order valence-electron chi connectivity index (χ1n) is 4.99. The SMILES string of the molecule is CCC(C)CC(N)Cc1ccsc1. The summed E-state index contributed by atoms with van der Waals surface area (Å²) in [6.07, 6.45) is 3.41. The number of thiophene rings is 1. The third-order valence-electron chi connectivity index (χ3n) is 2.48. The van der Waals surface area contributed by atoms with Crippen LogP contribution in [0.4, 0.5) is 0 Å². The fraction of sp³-hybridized carbons (Fsp3) is 0.636. The third-order valence-corrected chi connectivity index (χ3v) is 3.21. The van der Waals surface area contributed by atoms with Crippen LogP contribution in [0.2, 0.25) is 0 Å². The lowest BCUT2D eigenvalue weighted by molar-refractivity contribution is 0.450. The summed E-state index contributed by atoms with van der Waals surface area (Å²) in [5.41, 5.74) is 7.44. The van der Waals surface area contributed by atoms with E-state index in [-0.39, 0.29) is 0 Å². The van der Waals surface area contributed by atoms with E-state index in [4.69, 9.17) is 5.73 Å². The predicted molar refractivity (Wildman–Crippen MR) is 60.1 cm³/mol. The summed E-state index contributed by atoms with van der Waals surface area (Å²) >= 11 is 1.75. The molecule has 0 aliphatic heterocycles. The van der Waals surface area contributed by atoms with Crippen LogP contribution in [0.15, 0.2) is 16.8 Å². The molecule has 74 valence electrons. The molecule has 2 N–H and O–H groups in total. The Hall–Kier alpha value is -0.340. The summed E-state index contributed by atoms with van der Waals surface area (Å²) < 4.78 is 0. The summed E-state index contributed by atoms with van der Waals surface area (Å²) in [4.78, 5) is 0. The summed E-state index contributed by atoms with van der Waals surface area (Å²) in [6, 6.07) is 2.51. The Bertz CT molecular complexity index is 218. The van der Waals surface area contributed by atoms with Crippen molar-refractivity contribution in [2.24, 2.45) is 11.7 Å². The van der Waals surface area contributed by atoms with Gasteiger partial charge in [0.1, 0.15) is 0 Å². The molecule has 0 saturated carbocycles. The van der Waals surface area contributed by atoms with Crippen molar-refractivity contribution in [3.63, 3.8) is 0 Å². The van der Waals surface area contributed by atoms with Crippen LogP contribution in [0.1, 0.15) is 32.3 Å². The lowest BCUT2D eigenvalue weighted by atomic mass is 9.96. The van der Waals surface area contributed by atoms with Gasteiger partial charge in [-0.05, 0) is 41.1 Å². The van der Waals surface area contributed by atoms with Crippen molar-refractivity contribution in [3.8, 4) is 0 Å². The number of nitrogens with two attached hydrogens (primary N) is 1. The highest BCUT2D eigenvalue weighted by Crippen LogP contribution is 2.14.